The van der Waals surface area contributed by atoms with Gasteiger partial charge >= 0.3 is 0 Å². The van der Waals surface area contributed by atoms with E-state index in [1.807, 2.05) is 23.6 Å². The highest BCUT2D eigenvalue weighted by molar-refractivity contribution is 7.17. The highest BCUT2D eigenvalue weighted by atomic mass is 32.1. The van der Waals surface area contributed by atoms with Crippen molar-refractivity contribution in [3.8, 4) is 22.8 Å². The number of carbonyl (C=O) groups excluding carboxylic acids is 1. The van der Waals surface area contributed by atoms with Gasteiger partial charge in [0.05, 0.1) is 35.9 Å². The quantitative estimate of drug-likeness (QED) is 0.0607. The minimum Gasteiger partial charge on any atom is -0.493 e. The van der Waals surface area contributed by atoms with E-state index < -0.39 is 14.2 Å². The Morgan fingerprint density at radius 3 is 2.60 bits per heavy atom. The molecule has 1 N–H and O–H groups in total. The Kier molecular flexibility index (Phi) is 11.2. The molecule has 0 aliphatic heterocycles. The lowest BCUT2D eigenvalue weighted by atomic mass is 10.0. The lowest BCUT2D eigenvalue weighted by Gasteiger charge is -2.15. The van der Waals surface area contributed by atoms with Gasteiger partial charge in [0.15, 0.2) is 17.3 Å². The maximum atomic E-state index is 14.1. The lowest BCUT2D eigenvalue weighted by molar-refractivity contribution is -0.0563. The molecule has 10 heteroatoms. The zero-order valence-corrected chi connectivity index (χ0v) is 26.3. The summed E-state index contributed by atoms with van der Waals surface area (Å²) in [5.41, 5.74) is 2.38. The van der Waals surface area contributed by atoms with Gasteiger partial charge in [-0.3, -0.25) is 9.78 Å². The number of ketones is 1. The number of rotatable bonds is 16. The topological polar surface area (TPSA) is 87.1 Å². The third-order valence-electron chi connectivity index (χ3n) is 6.72. The maximum Gasteiger partial charge on any atom is 0.163 e. The van der Waals surface area contributed by atoms with Crippen molar-refractivity contribution < 1.29 is 33.2 Å². The zero-order valence-electron chi connectivity index (χ0n) is 24.5. The molecule has 0 saturated carbocycles. The number of aliphatic hydroxyl groups is 1. The molecule has 4 rings (SSSR count). The molecule has 0 spiro atoms. The molecule has 0 aliphatic carbocycles. The number of hydrogen-bond acceptors (Lipinski definition) is 8. The number of ether oxygens (including phenoxy) is 4. The largest absolute Gasteiger partial charge is 0.493 e. The number of pyridine rings is 1. The number of fused-ring (bicyclic) bond motifs is 1. The lowest BCUT2D eigenvalue weighted by Crippen LogP contribution is -2.22. The number of benzene rings is 2. The first-order valence-electron chi connectivity index (χ1n) is 14.0. The van der Waals surface area contributed by atoms with E-state index in [0.717, 1.165) is 17.0 Å². The van der Waals surface area contributed by atoms with E-state index in [9.17, 15) is 14.3 Å². The fraction of sp³-hybridized carbons (Fsp3) is 0.375. The van der Waals surface area contributed by atoms with Crippen LogP contribution in [0.4, 0.5) is 4.39 Å². The number of Topliss-reactive ketones (excluding diaryl/α,β-unsaturated/α-hetero) is 1. The number of carbonyl (C=O) groups is 1. The second-order valence-corrected chi connectivity index (χ2v) is 17.7. The number of methoxy groups -OCH3 is 1. The molecule has 1 unspecified atom stereocenters. The molecular weight excluding hydrogens is 574 g/mol. The van der Waals surface area contributed by atoms with Gasteiger partial charge in [-0.25, -0.2) is 4.39 Å². The number of thiophene rings is 1. The van der Waals surface area contributed by atoms with E-state index in [0.29, 0.717) is 53.0 Å². The van der Waals surface area contributed by atoms with Crippen LogP contribution in [0.1, 0.15) is 35.0 Å². The van der Waals surface area contributed by atoms with Gasteiger partial charge in [-0.15, -0.1) is 11.3 Å². The van der Waals surface area contributed by atoms with Gasteiger partial charge in [0.2, 0.25) is 0 Å². The van der Waals surface area contributed by atoms with Crippen LogP contribution in [-0.4, -0.2) is 57.7 Å². The highest BCUT2D eigenvalue weighted by Crippen LogP contribution is 2.35. The standard InChI is InChI=1S/C32H38FNO6SSi/c1-37-31-19-22(11-14-30(31)40-16-15-38-21-39-17-18-42(2,3)4)28(35)12-13-29(36)27-10-6-9-26(34-27)24-20-41-32-23(24)7-5-8-25(32)33/h5-11,14,19-20,29,36H,12-13,15-18,21H2,1-4H3. The summed E-state index contributed by atoms with van der Waals surface area (Å²) in [6.45, 7) is 8.52. The summed E-state index contributed by atoms with van der Waals surface area (Å²) in [5, 5.41) is 13.5. The smallest absolute Gasteiger partial charge is 0.163 e. The van der Waals surface area contributed by atoms with Gasteiger partial charge < -0.3 is 24.1 Å². The molecular formula is C32H38FNO6SSi. The average Bonchev–Trinajstić information content (AvgIpc) is 3.42. The predicted molar refractivity (Wildman–Crippen MR) is 167 cm³/mol. The third kappa shape index (κ3) is 8.68. The summed E-state index contributed by atoms with van der Waals surface area (Å²) in [5.74, 6) is 0.561. The van der Waals surface area contributed by atoms with Crippen LogP contribution < -0.4 is 9.47 Å². The molecule has 224 valence electrons. The Labute approximate surface area is 251 Å². The Morgan fingerprint density at radius 1 is 1.02 bits per heavy atom. The second kappa shape index (κ2) is 14.8. The van der Waals surface area contributed by atoms with Crippen LogP contribution in [0.2, 0.25) is 25.7 Å². The summed E-state index contributed by atoms with van der Waals surface area (Å²) < 4.78 is 36.9. The van der Waals surface area contributed by atoms with Crippen LogP contribution >= 0.6 is 11.3 Å². The van der Waals surface area contributed by atoms with Crippen LogP contribution in [0.25, 0.3) is 21.3 Å². The van der Waals surface area contributed by atoms with E-state index >= 15 is 0 Å². The molecule has 0 aliphatic rings. The molecule has 0 bridgehead atoms. The molecule has 4 aromatic rings. The Balaban J connectivity index is 1.28. The van der Waals surface area contributed by atoms with Gasteiger partial charge in [-0.2, -0.15) is 0 Å². The van der Waals surface area contributed by atoms with Crippen LogP contribution in [0, 0.1) is 5.82 Å². The van der Waals surface area contributed by atoms with Crippen molar-refractivity contribution in [2.45, 2.75) is 44.6 Å². The Bertz CT molecular complexity index is 1490. The predicted octanol–water partition coefficient (Wildman–Crippen LogP) is 7.52. The number of aliphatic hydroxyl groups excluding tert-OH is 1. The fourth-order valence-corrected chi connectivity index (χ4v) is 6.02. The summed E-state index contributed by atoms with van der Waals surface area (Å²) in [4.78, 5) is 17.6. The number of halogens is 1. The van der Waals surface area contributed by atoms with Crippen LogP contribution in [-0.2, 0) is 9.47 Å². The van der Waals surface area contributed by atoms with Gasteiger partial charge in [-0.05, 0) is 48.9 Å². The summed E-state index contributed by atoms with van der Waals surface area (Å²) >= 11 is 1.32. The van der Waals surface area contributed by atoms with Crippen LogP contribution in [0.15, 0.2) is 60.0 Å². The van der Waals surface area contributed by atoms with E-state index in [1.54, 1.807) is 30.3 Å². The summed E-state index contributed by atoms with van der Waals surface area (Å²) in [6.07, 6.45) is -0.611. The van der Waals surface area contributed by atoms with Crippen LogP contribution in [0.3, 0.4) is 0 Å². The Morgan fingerprint density at radius 2 is 1.81 bits per heavy atom. The molecule has 2 aromatic heterocycles. The summed E-state index contributed by atoms with van der Waals surface area (Å²) in [6, 6.07) is 16.5. The third-order valence-corrected chi connectivity index (χ3v) is 9.43. The van der Waals surface area contributed by atoms with Crippen molar-refractivity contribution in [2.24, 2.45) is 0 Å². The van der Waals surface area contributed by atoms with Gasteiger partial charge in [-0.1, -0.05) is 37.8 Å². The monoisotopic (exact) mass is 611 g/mol. The molecule has 0 fully saturated rings. The van der Waals surface area contributed by atoms with Gasteiger partial charge in [0.1, 0.15) is 19.2 Å². The van der Waals surface area contributed by atoms with Crippen LogP contribution in [0.5, 0.6) is 11.5 Å². The average molecular weight is 612 g/mol. The maximum absolute atomic E-state index is 14.1. The number of nitrogens with zero attached hydrogens (tertiary/aromatic N) is 1. The normalized spacial score (nSPS) is 12.4. The first-order chi connectivity index (χ1) is 20.2. The number of hydrogen-bond donors (Lipinski definition) is 1. The summed E-state index contributed by atoms with van der Waals surface area (Å²) in [7, 11) is 0.405. The van der Waals surface area contributed by atoms with Crippen molar-refractivity contribution in [1.82, 2.24) is 4.98 Å². The minimum absolute atomic E-state index is 0.120. The molecule has 0 amide bonds. The Hall–Kier alpha value is -3.15. The highest BCUT2D eigenvalue weighted by Gasteiger charge is 2.17. The fourth-order valence-electron chi connectivity index (χ4n) is 4.29. The second-order valence-electron chi connectivity index (χ2n) is 11.2. The number of aromatic nitrogens is 1. The minimum atomic E-state index is -1.12. The van der Waals surface area contributed by atoms with Gasteiger partial charge in [0.25, 0.3) is 0 Å². The van der Waals surface area contributed by atoms with Crippen molar-refractivity contribution in [1.29, 1.82) is 0 Å². The van der Waals surface area contributed by atoms with Gasteiger partial charge in [0, 0.05) is 43.0 Å². The van der Waals surface area contributed by atoms with Crippen molar-refractivity contribution in [3.63, 3.8) is 0 Å². The van der Waals surface area contributed by atoms with E-state index in [1.165, 1.54) is 24.5 Å². The molecule has 7 nitrogen and oxygen atoms in total. The molecule has 1 atom stereocenters. The van der Waals surface area contributed by atoms with Crippen molar-refractivity contribution >= 4 is 35.3 Å². The molecule has 2 heterocycles. The molecule has 2 aromatic carbocycles. The van der Waals surface area contributed by atoms with Crippen molar-refractivity contribution in [3.05, 3.63) is 77.1 Å². The van der Waals surface area contributed by atoms with E-state index in [2.05, 4.69) is 24.6 Å². The van der Waals surface area contributed by atoms with Crippen molar-refractivity contribution in [2.75, 3.05) is 33.7 Å². The first kappa shape index (κ1) is 31.8. The SMILES string of the molecule is COc1cc(C(=O)CCC(O)c2cccc(-c3csc4c(F)cccc34)n2)ccc1OCCOCOCC[Si](C)(C)C. The van der Waals surface area contributed by atoms with E-state index in [-0.39, 0.29) is 31.2 Å². The molecule has 0 radical (unpaired) electrons. The zero-order chi connectivity index (χ0) is 30.1. The molecule has 42 heavy (non-hydrogen) atoms. The first-order valence-corrected chi connectivity index (χ1v) is 18.6. The van der Waals surface area contributed by atoms with E-state index in [4.69, 9.17) is 18.9 Å². The molecule has 0 saturated heterocycles.